The first-order chi connectivity index (χ1) is 13.2. The van der Waals surface area contributed by atoms with E-state index in [4.69, 9.17) is 4.74 Å². The molecule has 5 heteroatoms. The minimum atomic E-state index is -0.135. The lowest BCUT2D eigenvalue weighted by Crippen LogP contribution is -2.49. The van der Waals surface area contributed by atoms with E-state index in [2.05, 4.69) is 4.90 Å². The quantitative estimate of drug-likeness (QED) is 0.751. The molecule has 2 aromatic carbocycles. The zero-order valence-electron chi connectivity index (χ0n) is 15.9. The smallest absolute Gasteiger partial charge is 0.222 e. The summed E-state index contributed by atoms with van der Waals surface area (Å²) in [6, 6.07) is 14.8. The van der Waals surface area contributed by atoms with Crippen LogP contribution in [-0.2, 0) is 17.6 Å². The van der Waals surface area contributed by atoms with Crippen LogP contribution >= 0.6 is 0 Å². The molecule has 0 aromatic heterocycles. The van der Waals surface area contributed by atoms with Gasteiger partial charge in [0.05, 0.1) is 7.11 Å². The number of halogens is 1. The molecule has 1 fully saturated rings. The minimum Gasteiger partial charge on any atom is -0.497 e. The first-order valence-electron chi connectivity index (χ1n) is 9.52. The molecule has 0 bridgehead atoms. The van der Waals surface area contributed by atoms with Crippen molar-refractivity contribution in [2.24, 2.45) is 0 Å². The highest BCUT2D eigenvalue weighted by Crippen LogP contribution is 2.15. The molecule has 27 heavy (non-hydrogen) atoms. The van der Waals surface area contributed by atoms with Crippen molar-refractivity contribution in [2.45, 2.75) is 19.3 Å². The van der Waals surface area contributed by atoms with E-state index in [1.54, 1.807) is 13.2 Å². The van der Waals surface area contributed by atoms with E-state index in [1.165, 1.54) is 6.07 Å². The summed E-state index contributed by atoms with van der Waals surface area (Å²) in [4.78, 5) is 16.7. The molecule has 1 heterocycles. The fraction of sp³-hybridized carbons (Fsp3) is 0.409. The van der Waals surface area contributed by atoms with Gasteiger partial charge in [-0.25, -0.2) is 4.39 Å². The summed E-state index contributed by atoms with van der Waals surface area (Å²) >= 11 is 0. The minimum absolute atomic E-state index is 0.135. The van der Waals surface area contributed by atoms with Crippen LogP contribution in [0.5, 0.6) is 5.75 Å². The third kappa shape index (κ3) is 5.54. The van der Waals surface area contributed by atoms with Crippen LogP contribution < -0.4 is 4.74 Å². The highest BCUT2D eigenvalue weighted by Gasteiger charge is 2.20. The van der Waals surface area contributed by atoms with Crippen molar-refractivity contribution >= 4 is 5.91 Å². The van der Waals surface area contributed by atoms with E-state index in [-0.39, 0.29) is 11.7 Å². The number of amides is 1. The number of nitrogens with zero attached hydrogens (tertiary/aromatic N) is 2. The zero-order chi connectivity index (χ0) is 19.1. The van der Waals surface area contributed by atoms with Crippen molar-refractivity contribution in [3.05, 3.63) is 65.5 Å². The number of ether oxygens (including phenoxy) is 1. The van der Waals surface area contributed by atoms with Crippen LogP contribution in [-0.4, -0.2) is 55.5 Å². The van der Waals surface area contributed by atoms with Gasteiger partial charge in [0, 0.05) is 39.1 Å². The number of rotatable bonds is 7. The molecule has 0 atom stereocenters. The Morgan fingerprint density at radius 3 is 2.56 bits per heavy atom. The lowest BCUT2D eigenvalue weighted by Gasteiger charge is -2.34. The predicted octanol–water partition coefficient (Wildman–Crippen LogP) is 3.15. The molecule has 1 amide bonds. The number of carbonyl (C=O) groups is 1. The Morgan fingerprint density at radius 2 is 1.81 bits per heavy atom. The summed E-state index contributed by atoms with van der Waals surface area (Å²) in [6.07, 6.45) is 1.95. The third-order valence-corrected chi connectivity index (χ3v) is 5.14. The normalized spacial score (nSPS) is 15.0. The molecule has 1 saturated heterocycles. The topological polar surface area (TPSA) is 32.8 Å². The van der Waals surface area contributed by atoms with Crippen LogP contribution in [0, 0.1) is 5.82 Å². The highest BCUT2D eigenvalue weighted by molar-refractivity contribution is 5.76. The van der Waals surface area contributed by atoms with E-state index in [0.717, 1.165) is 56.0 Å². The van der Waals surface area contributed by atoms with Crippen molar-refractivity contribution in [3.63, 3.8) is 0 Å². The maximum Gasteiger partial charge on any atom is 0.222 e. The maximum absolute atomic E-state index is 13.7. The Kier molecular flexibility index (Phi) is 6.82. The van der Waals surface area contributed by atoms with Crippen LogP contribution in [0.4, 0.5) is 4.39 Å². The Hall–Kier alpha value is -2.40. The summed E-state index contributed by atoms with van der Waals surface area (Å²) in [6.45, 7) is 4.01. The second-order valence-electron chi connectivity index (χ2n) is 6.92. The summed E-state index contributed by atoms with van der Waals surface area (Å²) in [5.41, 5.74) is 1.88. The Bertz CT molecular complexity index is 757. The Balaban J connectivity index is 1.40. The standard InChI is InChI=1S/C22H27FN2O2/c1-27-20-7-4-5-18(17-20)9-10-22(26)25-15-13-24(14-16-25)12-11-19-6-2-3-8-21(19)23/h2-8,17H,9-16H2,1H3. The van der Waals surface area contributed by atoms with Gasteiger partial charge in [-0.05, 0) is 42.2 Å². The fourth-order valence-corrected chi connectivity index (χ4v) is 3.44. The van der Waals surface area contributed by atoms with E-state index >= 15 is 0 Å². The van der Waals surface area contributed by atoms with Crippen LogP contribution in [0.2, 0.25) is 0 Å². The number of hydrogen-bond acceptors (Lipinski definition) is 3. The van der Waals surface area contributed by atoms with Gasteiger partial charge in [0.15, 0.2) is 0 Å². The van der Waals surface area contributed by atoms with Crippen molar-refractivity contribution < 1.29 is 13.9 Å². The van der Waals surface area contributed by atoms with Gasteiger partial charge < -0.3 is 9.64 Å². The highest BCUT2D eigenvalue weighted by atomic mass is 19.1. The molecule has 2 aromatic rings. The Labute approximate surface area is 160 Å². The first kappa shape index (κ1) is 19.4. The number of hydrogen-bond donors (Lipinski definition) is 0. The molecular weight excluding hydrogens is 343 g/mol. The van der Waals surface area contributed by atoms with Gasteiger partial charge in [0.25, 0.3) is 0 Å². The Morgan fingerprint density at radius 1 is 1.04 bits per heavy atom. The number of benzene rings is 2. The van der Waals surface area contributed by atoms with Gasteiger partial charge in [-0.1, -0.05) is 30.3 Å². The molecule has 0 N–H and O–H groups in total. The number of aryl methyl sites for hydroxylation is 1. The van der Waals surface area contributed by atoms with E-state index in [9.17, 15) is 9.18 Å². The molecule has 0 saturated carbocycles. The zero-order valence-corrected chi connectivity index (χ0v) is 15.9. The first-order valence-corrected chi connectivity index (χ1v) is 9.52. The molecule has 3 rings (SSSR count). The average molecular weight is 370 g/mol. The lowest BCUT2D eigenvalue weighted by molar-refractivity contribution is -0.132. The van der Waals surface area contributed by atoms with E-state index in [0.29, 0.717) is 12.8 Å². The van der Waals surface area contributed by atoms with Crippen molar-refractivity contribution in [1.29, 1.82) is 0 Å². The molecule has 0 radical (unpaired) electrons. The molecule has 1 aliphatic rings. The van der Waals surface area contributed by atoms with E-state index in [1.807, 2.05) is 41.3 Å². The van der Waals surface area contributed by atoms with Crippen LogP contribution in [0.15, 0.2) is 48.5 Å². The average Bonchev–Trinajstić information content (AvgIpc) is 2.72. The molecule has 0 spiro atoms. The van der Waals surface area contributed by atoms with Gasteiger partial charge >= 0.3 is 0 Å². The van der Waals surface area contributed by atoms with Crippen molar-refractivity contribution in [1.82, 2.24) is 9.80 Å². The number of methoxy groups -OCH3 is 1. The van der Waals surface area contributed by atoms with Gasteiger partial charge in [-0.15, -0.1) is 0 Å². The van der Waals surface area contributed by atoms with Crippen LogP contribution in [0.3, 0.4) is 0 Å². The maximum atomic E-state index is 13.7. The molecular formula is C22H27FN2O2. The second-order valence-corrected chi connectivity index (χ2v) is 6.92. The molecule has 1 aliphatic heterocycles. The second kappa shape index (κ2) is 9.51. The lowest BCUT2D eigenvalue weighted by atomic mass is 10.1. The number of piperazine rings is 1. The fourth-order valence-electron chi connectivity index (χ4n) is 3.44. The molecule has 0 unspecified atom stereocenters. The summed E-state index contributed by atoms with van der Waals surface area (Å²) in [7, 11) is 1.65. The third-order valence-electron chi connectivity index (χ3n) is 5.14. The van der Waals surface area contributed by atoms with Gasteiger partial charge in [-0.3, -0.25) is 9.69 Å². The molecule has 144 valence electrons. The number of carbonyl (C=O) groups excluding carboxylic acids is 1. The monoisotopic (exact) mass is 370 g/mol. The predicted molar refractivity (Wildman–Crippen MR) is 104 cm³/mol. The van der Waals surface area contributed by atoms with Crippen molar-refractivity contribution in [3.8, 4) is 5.75 Å². The van der Waals surface area contributed by atoms with Crippen LogP contribution in [0.1, 0.15) is 17.5 Å². The van der Waals surface area contributed by atoms with E-state index < -0.39 is 0 Å². The summed E-state index contributed by atoms with van der Waals surface area (Å²) < 4.78 is 18.9. The summed E-state index contributed by atoms with van der Waals surface area (Å²) in [5.74, 6) is 0.888. The largest absolute Gasteiger partial charge is 0.497 e. The molecule has 0 aliphatic carbocycles. The van der Waals surface area contributed by atoms with Gasteiger partial charge in [0.2, 0.25) is 5.91 Å². The molecule has 4 nitrogen and oxygen atoms in total. The van der Waals surface area contributed by atoms with Gasteiger partial charge in [0.1, 0.15) is 11.6 Å². The SMILES string of the molecule is COc1cccc(CCC(=O)N2CCN(CCc3ccccc3F)CC2)c1. The van der Waals surface area contributed by atoms with Crippen LogP contribution in [0.25, 0.3) is 0 Å². The van der Waals surface area contributed by atoms with Gasteiger partial charge in [-0.2, -0.15) is 0 Å². The van der Waals surface area contributed by atoms with Crippen molar-refractivity contribution in [2.75, 3.05) is 39.8 Å². The summed E-state index contributed by atoms with van der Waals surface area (Å²) in [5, 5.41) is 0.